The van der Waals surface area contributed by atoms with E-state index in [4.69, 9.17) is 4.74 Å². The molecule has 0 radical (unpaired) electrons. The van der Waals surface area contributed by atoms with Crippen molar-refractivity contribution in [2.24, 2.45) is 0 Å². The van der Waals surface area contributed by atoms with Gasteiger partial charge >= 0.3 is 0 Å². The minimum absolute atomic E-state index is 0.177. The first kappa shape index (κ1) is 22.2. The number of rotatable bonds is 7. The first-order valence-corrected chi connectivity index (χ1v) is 9.48. The number of nitrogens with zero attached hydrogens (tertiary/aromatic N) is 2. The second-order valence-electron chi connectivity index (χ2n) is 6.81. The molecule has 1 amide bonds. The van der Waals surface area contributed by atoms with Crippen molar-refractivity contribution in [3.05, 3.63) is 105 Å². The lowest BCUT2D eigenvalue weighted by Crippen LogP contribution is -2.13. The van der Waals surface area contributed by atoms with E-state index in [2.05, 4.69) is 5.32 Å². The van der Waals surface area contributed by atoms with Crippen molar-refractivity contribution in [2.45, 2.75) is 6.42 Å². The summed E-state index contributed by atoms with van der Waals surface area (Å²) in [4.78, 5) is 22.8. The number of carbonyl (C=O) groups excluding carboxylic acids is 1. The van der Waals surface area contributed by atoms with E-state index in [0.29, 0.717) is 17.7 Å². The predicted molar refractivity (Wildman–Crippen MR) is 118 cm³/mol. The molecule has 3 aromatic rings. The van der Waals surface area contributed by atoms with Crippen LogP contribution in [0.3, 0.4) is 0 Å². The molecule has 0 saturated carbocycles. The Labute approximate surface area is 183 Å². The van der Waals surface area contributed by atoms with Crippen LogP contribution in [0, 0.1) is 27.3 Å². The Morgan fingerprint density at radius 3 is 2.66 bits per heavy atom. The van der Waals surface area contributed by atoms with Gasteiger partial charge in [0.05, 0.1) is 12.0 Å². The molecule has 0 aliphatic carbocycles. The maximum absolute atomic E-state index is 13.5. The van der Waals surface area contributed by atoms with Crippen LogP contribution < -0.4 is 10.1 Å². The van der Waals surface area contributed by atoms with Crippen LogP contribution in [0.25, 0.3) is 6.08 Å². The first-order chi connectivity index (χ1) is 15.4. The fourth-order valence-electron chi connectivity index (χ4n) is 3.07. The van der Waals surface area contributed by atoms with Gasteiger partial charge in [-0.05, 0) is 47.0 Å². The summed E-state index contributed by atoms with van der Waals surface area (Å²) in [6, 6.07) is 18.7. The van der Waals surface area contributed by atoms with Crippen LogP contribution in [-0.4, -0.2) is 17.9 Å². The van der Waals surface area contributed by atoms with Crippen molar-refractivity contribution in [2.75, 3.05) is 12.4 Å². The maximum Gasteiger partial charge on any atom is 0.271 e. The summed E-state index contributed by atoms with van der Waals surface area (Å²) in [6.45, 7) is 0. The number of anilines is 1. The van der Waals surface area contributed by atoms with Gasteiger partial charge in [-0.25, -0.2) is 4.39 Å². The number of carbonyl (C=O) groups is 1. The number of benzene rings is 3. The highest BCUT2D eigenvalue weighted by molar-refractivity contribution is 6.09. The number of amides is 1. The van der Waals surface area contributed by atoms with Gasteiger partial charge in [-0.2, -0.15) is 5.26 Å². The number of hydrogen-bond acceptors (Lipinski definition) is 5. The van der Waals surface area contributed by atoms with Gasteiger partial charge in [0, 0.05) is 24.2 Å². The average Bonchev–Trinajstić information content (AvgIpc) is 2.78. The highest BCUT2D eigenvalue weighted by Crippen LogP contribution is 2.25. The van der Waals surface area contributed by atoms with Crippen LogP contribution in [0.1, 0.15) is 16.7 Å². The normalized spacial score (nSPS) is 10.8. The molecule has 0 aliphatic rings. The molecule has 0 fully saturated rings. The zero-order valence-electron chi connectivity index (χ0n) is 17.0. The maximum atomic E-state index is 13.5. The Morgan fingerprint density at radius 2 is 1.97 bits per heavy atom. The summed E-state index contributed by atoms with van der Waals surface area (Å²) in [5, 5.41) is 22.8. The number of nitro groups is 1. The standard InChI is InChI=1S/C24H18FN3O4/c1-32-23-13-17(8-9-18(23)10-16-4-2-5-20(25)12-16)11-19(15-26)24(29)27-21-6-3-7-22(14-21)28(30)31/h2-9,11-14H,10H2,1H3,(H,27,29)/b19-11+. The Kier molecular flexibility index (Phi) is 6.93. The fourth-order valence-corrected chi connectivity index (χ4v) is 3.07. The minimum atomic E-state index is -0.698. The Balaban J connectivity index is 1.82. The Morgan fingerprint density at radius 1 is 1.19 bits per heavy atom. The molecule has 3 aromatic carbocycles. The number of hydrogen-bond donors (Lipinski definition) is 1. The molecule has 0 heterocycles. The molecule has 0 bridgehead atoms. The van der Waals surface area contributed by atoms with Crippen LogP contribution >= 0.6 is 0 Å². The van der Waals surface area contributed by atoms with Gasteiger partial charge in [0.1, 0.15) is 23.2 Å². The molecule has 160 valence electrons. The van der Waals surface area contributed by atoms with E-state index >= 15 is 0 Å². The smallest absolute Gasteiger partial charge is 0.271 e. The molecule has 0 atom stereocenters. The highest BCUT2D eigenvalue weighted by Gasteiger charge is 2.13. The lowest BCUT2D eigenvalue weighted by Gasteiger charge is -2.10. The lowest BCUT2D eigenvalue weighted by molar-refractivity contribution is -0.384. The molecule has 0 spiro atoms. The molecule has 3 rings (SSSR count). The quantitative estimate of drug-likeness (QED) is 0.248. The van der Waals surface area contributed by atoms with Crippen LogP contribution in [0.15, 0.2) is 72.3 Å². The molecule has 7 nitrogen and oxygen atoms in total. The van der Waals surface area contributed by atoms with Crippen molar-refractivity contribution >= 4 is 23.4 Å². The van der Waals surface area contributed by atoms with Crippen molar-refractivity contribution < 1.29 is 18.8 Å². The van der Waals surface area contributed by atoms with Crippen molar-refractivity contribution in [1.82, 2.24) is 0 Å². The number of halogens is 1. The van der Waals surface area contributed by atoms with E-state index in [1.54, 1.807) is 24.3 Å². The number of nitriles is 1. The van der Waals surface area contributed by atoms with Gasteiger partial charge in [-0.1, -0.05) is 30.3 Å². The van der Waals surface area contributed by atoms with E-state index in [0.717, 1.165) is 11.1 Å². The van der Waals surface area contributed by atoms with E-state index in [1.807, 2.05) is 12.1 Å². The van der Waals surface area contributed by atoms with Gasteiger partial charge in [-0.15, -0.1) is 0 Å². The van der Waals surface area contributed by atoms with Gasteiger partial charge in [-0.3, -0.25) is 14.9 Å². The van der Waals surface area contributed by atoms with Crippen molar-refractivity contribution in [1.29, 1.82) is 5.26 Å². The van der Waals surface area contributed by atoms with E-state index < -0.39 is 10.8 Å². The summed E-state index contributed by atoms with van der Waals surface area (Å²) in [5.41, 5.74) is 1.99. The monoisotopic (exact) mass is 431 g/mol. The number of ether oxygens (including phenoxy) is 1. The molecule has 0 aliphatic heterocycles. The topological polar surface area (TPSA) is 105 Å². The van der Waals surface area contributed by atoms with Crippen LogP contribution in [-0.2, 0) is 11.2 Å². The fraction of sp³-hybridized carbons (Fsp3) is 0.0833. The highest BCUT2D eigenvalue weighted by atomic mass is 19.1. The van der Waals surface area contributed by atoms with E-state index in [1.165, 1.54) is 49.6 Å². The average molecular weight is 431 g/mol. The Hall–Kier alpha value is -4.51. The third-order valence-electron chi connectivity index (χ3n) is 4.59. The number of methoxy groups -OCH3 is 1. The van der Waals surface area contributed by atoms with Gasteiger partial charge < -0.3 is 10.1 Å². The SMILES string of the molecule is COc1cc(/C=C(\C#N)C(=O)Nc2cccc([N+](=O)[O-])c2)ccc1Cc1cccc(F)c1. The molecule has 0 saturated heterocycles. The number of non-ortho nitro benzene ring substituents is 1. The summed E-state index contributed by atoms with van der Waals surface area (Å²) >= 11 is 0. The summed E-state index contributed by atoms with van der Waals surface area (Å²) in [7, 11) is 1.50. The minimum Gasteiger partial charge on any atom is -0.496 e. The van der Waals surface area contributed by atoms with Gasteiger partial charge in [0.25, 0.3) is 11.6 Å². The van der Waals surface area contributed by atoms with Crippen LogP contribution in [0.4, 0.5) is 15.8 Å². The van der Waals surface area contributed by atoms with Gasteiger partial charge in [0.2, 0.25) is 0 Å². The van der Waals surface area contributed by atoms with Crippen LogP contribution in [0.2, 0.25) is 0 Å². The molecule has 8 heteroatoms. The number of nitrogens with one attached hydrogen (secondary N) is 1. The third kappa shape index (κ3) is 5.55. The first-order valence-electron chi connectivity index (χ1n) is 9.48. The van der Waals surface area contributed by atoms with Gasteiger partial charge in [0.15, 0.2) is 0 Å². The predicted octanol–water partition coefficient (Wildman–Crippen LogP) is 4.88. The summed E-state index contributed by atoms with van der Waals surface area (Å²) in [6.07, 6.45) is 1.84. The van der Waals surface area contributed by atoms with E-state index in [9.17, 15) is 24.6 Å². The lowest BCUT2D eigenvalue weighted by atomic mass is 10.0. The summed E-state index contributed by atoms with van der Waals surface area (Å²) in [5.74, 6) is -0.496. The molecule has 1 N–H and O–H groups in total. The number of nitro benzene ring substituents is 1. The molecular weight excluding hydrogens is 413 g/mol. The molecule has 32 heavy (non-hydrogen) atoms. The largest absolute Gasteiger partial charge is 0.496 e. The van der Waals surface area contributed by atoms with Crippen LogP contribution in [0.5, 0.6) is 5.75 Å². The third-order valence-corrected chi connectivity index (χ3v) is 4.59. The molecular formula is C24H18FN3O4. The molecule has 0 aromatic heterocycles. The Bertz CT molecular complexity index is 1250. The molecule has 0 unspecified atom stereocenters. The second kappa shape index (κ2) is 10.00. The second-order valence-corrected chi connectivity index (χ2v) is 6.81. The zero-order valence-corrected chi connectivity index (χ0v) is 17.0. The van der Waals surface area contributed by atoms with Crippen molar-refractivity contribution in [3.8, 4) is 11.8 Å². The van der Waals surface area contributed by atoms with Crippen molar-refractivity contribution in [3.63, 3.8) is 0 Å². The summed E-state index contributed by atoms with van der Waals surface area (Å²) < 4.78 is 18.9. The zero-order chi connectivity index (χ0) is 23.1. The van der Waals surface area contributed by atoms with E-state index in [-0.39, 0.29) is 22.8 Å².